The van der Waals surface area contributed by atoms with Gasteiger partial charge in [0, 0.05) is 17.0 Å². The van der Waals surface area contributed by atoms with E-state index in [4.69, 9.17) is 43.6 Å². The predicted octanol–water partition coefficient (Wildman–Crippen LogP) is 3.26. The van der Waals surface area contributed by atoms with Crippen molar-refractivity contribution in [2.24, 2.45) is 11.7 Å². The van der Waals surface area contributed by atoms with Crippen molar-refractivity contribution in [2.75, 3.05) is 23.8 Å². The molecule has 0 radical (unpaired) electrons. The summed E-state index contributed by atoms with van der Waals surface area (Å²) in [6.07, 6.45) is 3.92. The zero-order valence-corrected chi connectivity index (χ0v) is 19.8. The Labute approximate surface area is 205 Å². The lowest BCUT2D eigenvalue weighted by molar-refractivity contribution is -0.122. The van der Waals surface area contributed by atoms with Crippen LogP contribution in [0.25, 0.3) is 11.2 Å². The molecule has 1 aliphatic heterocycles. The first-order valence-electron chi connectivity index (χ1n) is 11.2. The van der Waals surface area contributed by atoms with E-state index in [2.05, 4.69) is 15.6 Å². The number of nitrogens with one attached hydrogen (secondary N) is 2. The first-order chi connectivity index (χ1) is 16.4. The number of aromatic nitrogens is 4. The minimum absolute atomic E-state index is 0.0531. The molecule has 2 atom stereocenters. The summed E-state index contributed by atoms with van der Waals surface area (Å²) in [6.45, 7) is 0.650. The summed E-state index contributed by atoms with van der Waals surface area (Å²) < 4.78 is 7.35. The van der Waals surface area contributed by atoms with Gasteiger partial charge < -0.3 is 26.2 Å². The molecule has 34 heavy (non-hydrogen) atoms. The fourth-order valence-electron chi connectivity index (χ4n) is 4.57. The molecule has 1 saturated heterocycles. The number of benzene rings is 1. The van der Waals surface area contributed by atoms with Crippen molar-refractivity contribution >= 4 is 57.9 Å². The van der Waals surface area contributed by atoms with Crippen molar-refractivity contribution < 1.29 is 14.6 Å². The van der Waals surface area contributed by atoms with Crippen LogP contribution in [0, 0.1) is 5.92 Å². The number of anilines is 3. The molecule has 180 valence electrons. The number of ether oxygens (including phenoxy) is 1. The minimum Gasteiger partial charge on any atom is -0.388 e. The Morgan fingerprint density at radius 1 is 1.18 bits per heavy atom. The molecule has 1 saturated carbocycles. The minimum atomic E-state index is -0.627. The van der Waals surface area contributed by atoms with Crippen LogP contribution < -0.4 is 16.4 Å². The van der Waals surface area contributed by atoms with Crippen LogP contribution in [-0.2, 0) is 9.53 Å². The fraction of sp³-hybridized carbons (Fsp3) is 0.455. The zero-order valence-electron chi connectivity index (χ0n) is 18.2. The summed E-state index contributed by atoms with van der Waals surface area (Å²) in [5, 5.41) is 17.5. The number of primary amides is 1. The van der Waals surface area contributed by atoms with Crippen molar-refractivity contribution in [3.63, 3.8) is 0 Å². The summed E-state index contributed by atoms with van der Waals surface area (Å²) in [5.41, 5.74) is 7.44. The molecule has 5 rings (SSSR count). The summed E-state index contributed by atoms with van der Waals surface area (Å²) in [7, 11) is 0. The van der Waals surface area contributed by atoms with E-state index in [0.717, 1.165) is 12.8 Å². The van der Waals surface area contributed by atoms with E-state index < -0.39 is 6.10 Å². The van der Waals surface area contributed by atoms with E-state index in [9.17, 15) is 9.90 Å². The van der Waals surface area contributed by atoms with Gasteiger partial charge in [-0.2, -0.15) is 4.98 Å². The molecule has 12 heteroatoms. The second kappa shape index (κ2) is 9.53. The Hall–Kier alpha value is -2.66. The smallest absolute Gasteiger partial charge is 0.225 e. The first kappa shape index (κ1) is 23.1. The van der Waals surface area contributed by atoms with Crippen LogP contribution in [0.1, 0.15) is 31.7 Å². The van der Waals surface area contributed by atoms with E-state index in [1.807, 2.05) is 4.57 Å². The number of imidazole rings is 1. The van der Waals surface area contributed by atoms with Crippen LogP contribution in [0.4, 0.5) is 17.6 Å². The molecule has 1 aromatic carbocycles. The van der Waals surface area contributed by atoms with Gasteiger partial charge in [0.1, 0.15) is 5.52 Å². The van der Waals surface area contributed by atoms with Gasteiger partial charge in [0.25, 0.3) is 0 Å². The van der Waals surface area contributed by atoms with Gasteiger partial charge in [-0.25, -0.2) is 9.97 Å². The maximum Gasteiger partial charge on any atom is 0.225 e. The molecule has 2 fully saturated rings. The van der Waals surface area contributed by atoms with Crippen molar-refractivity contribution in [1.29, 1.82) is 0 Å². The highest BCUT2D eigenvalue weighted by Crippen LogP contribution is 2.38. The lowest BCUT2D eigenvalue weighted by atomic mass is 9.85. The Balaban J connectivity index is 1.51. The molecular weight excluding hydrogens is 481 g/mol. The number of hydrogen-bond donors (Lipinski definition) is 4. The molecule has 3 heterocycles. The van der Waals surface area contributed by atoms with Crippen molar-refractivity contribution in [3.8, 4) is 0 Å². The summed E-state index contributed by atoms with van der Waals surface area (Å²) in [6, 6.07) is 4.96. The number of aliphatic hydroxyl groups excluding tert-OH is 1. The number of amides is 1. The average molecular weight is 506 g/mol. The number of rotatable bonds is 6. The number of hydrogen-bond acceptors (Lipinski definition) is 8. The van der Waals surface area contributed by atoms with Gasteiger partial charge in [0.05, 0.1) is 42.3 Å². The standard InChI is InChI=1S/C22H25Cl2N7O3/c23-12-3-6-15(14(24)7-12)28-22-29-16-8-26-21(27-17-9-34-10-18(17)32)30-20(16)31(22)13-4-1-11(2-5-13)19(25)33/h3,6-8,11,13,17-18,32H,1-2,4-5,9-10H2,(H2,25,33)(H,28,29)(H,26,27,30)/t11-,13-,17?,18?. The van der Waals surface area contributed by atoms with E-state index in [1.54, 1.807) is 24.4 Å². The Kier molecular flexibility index (Phi) is 6.48. The zero-order chi connectivity index (χ0) is 23.8. The quantitative estimate of drug-likeness (QED) is 0.400. The van der Waals surface area contributed by atoms with E-state index in [-0.39, 0.29) is 30.5 Å². The monoisotopic (exact) mass is 505 g/mol. The molecule has 2 aliphatic rings. The number of nitrogens with zero attached hydrogens (tertiary/aromatic N) is 4. The predicted molar refractivity (Wildman–Crippen MR) is 129 cm³/mol. The lowest BCUT2D eigenvalue weighted by Gasteiger charge is -2.29. The van der Waals surface area contributed by atoms with Gasteiger partial charge in [-0.1, -0.05) is 23.2 Å². The second-order valence-corrected chi connectivity index (χ2v) is 9.56. The molecule has 3 aromatic rings. The number of carbonyl (C=O) groups is 1. The molecule has 10 nitrogen and oxygen atoms in total. The third-order valence-corrected chi connectivity index (χ3v) is 6.99. The largest absolute Gasteiger partial charge is 0.388 e. The van der Waals surface area contributed by atoms with Crippen molar-refractivity contribution in [1.82, 2.24) is 19.5 Å². The molecule has 5 N–H and O–H groups in total. The number of nitrogens with two attached hydrogens (primary N) is 1. The molecule has 2 aromatic heterocycles. The van der Waals surface area contributed by atoms with E-state index >= 15 is 0 Å². The van der Waals surface area contributed by atoms with Crippen LogP contribution in [0.2, 0.25) is 10.0 Å². The third kappa shape index (κ3) is 4.63. The number of halogens is 2. The molecule has 1 aliphatic carbocycles. The molecular formula is C22H25Cl2N7O3. The highest BCUT2D eigenvalue weighted by atomic mass is 35.5. The van der Waals surface area contributed by atoms with Gasteiger partial charge in [-0.15, -0.1) is 0 Å². The third-order valence-electron chi connectivity index (χ3n) is 6.44. The topological polar surface area (TPSA) is 140 Å². The second-order valence-electron chi connectivity index (χ2n) is 8.72. The van der Waals surface area contributed by atoms with Gasteiger partial charge in [0.15, 0.2) is 5.65 Å². The molecule has 0 bridgehead atoms. The van der Waals surface area contributed by atoms with Crippen LogP contribution in [0.15, 0.2) is 24.4 Å². The maximum absolute atomic E-state index is 11.7. The highest BCUT2D eigenvalue weighted by molar-refractivity contribution is 6.36. The van der Waals surface area contributed by atoms with Crippen LogP contribution in [-0.4, -0.2) is 55.9 Å². The normalized spacial score (nSPS) is 24.9. The number of carbonyl (C=O) groups excluding carboxylic acids is 1. The highest BCUT2D eigenvalue weighted by Gasteiger charge is 2.30. The molecule has 0 spiro atoms. The van der Waals surface area contributed by atoms with Crippen LogP contribution in [0.3, 0.4) is 0 Å². The van der Waals surface area contributed by atoms with Crippen LogP contribution in [0.5, 0.6) is 0 Å². The van der Waals surface area contributed by atoms with E-state index in [0.29, 0.717) is 58.2 Å². The average Bonchev–Trinajstić information content (AvgIpc) is 3.38. The number of aliphatic hydroxyl groups is 1. The van der Waals surface area contributed by atoms with Crippen molar-refractivity contribution in [2.45, 2.75) is 43.9 Å². The molecule has 1 amide bonds. The summed E-state index contributed by atoms with van der Waals surface area (Å²) >= 11 is 12.4. The summed E-state index contributed by atoms with van der Waals surface area (Å²) in [5.74, 6) is 0.567. The van der Waals surface area contributed by atoms with Gasteiger partial charge in [-0.05, 0) is 43.9 Å². The lowest BCUT2D eigenvalue weighted by Crippen LogP contribution is -2.32. The SMILES string of the molecule is NC(=O)[C@H]1CC[C@H](n2c(Nc3ccc(Cl)cc3Cl)nc3cnc(NC4COCC4O)nc32)CC1. The van der Waals surface area contributed by atoms with Gasteiger partial charge in [0.2, 0.25) is 17.8 Å². The van der Waals surface area contributed by atoms with Crippen molar-refractivity contribution in [3.05, 3.63) is 34.4 Å². The Morgan fingerprint density at radius 3 is 2.65 bits per heavy atom. The summed E-state index contributed by atoms with van der Waals surface area (Å²) in [4.78, 5) is 25.5. The Bertz CT molecular complexity index is 1210. The molecule has 2 unspecified atom stereocenters. The maximum atomic E-state index is 11.7. The first-order valence-corrected chi connectivity index (χ1v) is 11.9. The Morgan fingerprint density at radius 2 is 1.97 bits per heavy atom. The fourth-order valence-corrected chi connectivity index (χ4v) is 5.03. The van der Waals surface area contributed by atoms with E-state index in [1.165, 1.54) is 0 Å². The van der Waals surface area contributed by atoms with Gasteiger partial charge >= 0.3 is 0 Å². The number of fused-ring (bicyclic) bond motifs is 1. The van der Waals surface area contributed by atoms with Crippen LogP contribution >= 0.6 is 23.2 Å². The van der Waals surface area contributed by atoms with Gasteiger partial charge in [-0.3, -0.25) is 9.36 Å².